The van der Waals surface area contributed by atoms with Crippen LogP contribution in [-0.4, -0.2) is 55.6 Å². The van der Waals surface area contributed by atoms with Crippen molar-refractivity contribution >= 4 is 5.97 Å². The van der Waals surface area contributed by atoms with Gasteiger partial charge in [-0.15, -0.1) is 0 Å². The highest BCUT2D eigenvalue weighted by Crippen LogP contribution is 1.98. The number of hydrogen-bond donors (Lipinski definition) is 1. The number of carbonyl (C=O) groups is 1. The summed E-state index contributed by atoms with van der Waals surface area (Å²) in [5, 5.41) is 0. The SMILES string of the molecule is COCCOCCOC(=O)c1cn(CCN)cn1. The lowest BCUT2D eigenvalue weighted by atomic mass is 10.5. The van der Waals surface area contributed by atoms with Crippen molar-refractivity contribution in [2.75, 3.05) is 40.1 Å². The molecule has 0 saturated carbocycles. The second-order valence-corrected chi connectivity index (χ2v) is 3.53. The molecule has 7 nitrogen and oxygen atoms in total. The number of carbonyl (C=O) groups excluding carboxylic acids is 1. The molecule has 0 radical (unpaired) electrons. The molecule has 0 aliphatic carbocycles. The van der Waals surface area contributed by atoms with Crippen molar-refractivity contribution in [2.24, 2.45) is 5.73 Å². The van der Waals surface area contributed by atoms with Crippen LogP contribution in [0.3, 0.4) is 0 Å². The Kier molecular flexibility index (Phi) is 7.00. The molecule has 1 heterocycles. The number of esters is 1. The molecule has 0 aliphatic rings. The number of methoxy groups -OCH3 is 1. The largest absolute Gasteiger partial charge is 0.458 e. The van der Waals surface area contributed by atoms with E-state index in [1.54, 1.807) is 24.2 Å². The first-order valence-corrected chi connectivity index (χ1v) is 5.73. The number of nitrogens with two attached hydrogens (primary N) is 1. The van der Waals surface area contributed by atoms with Gasteiger partial charge in [0.1, 0.15) is 6.61 Å². The molecule has 0 fully saturated rings. The Morgan fingerprint density at radius 3 is 2.89 bits per heavy atom. The fourth-order valence-corrected chi connectivity index (χ4v) is 1.25. The van der Waals surface area contributed by atoms with Crippen molar-refractivity contribution in [1.29, 1.82) is 0 Å². The maximum Gasteiger partial charge on any atom is 0.358 e. The number of rotatable bonds is 9. The highest BCUT2D eigenvalue weighted by atomic mass is 16.6. The van der Waals surface area contributed by atoms with Crippen LogP contribution in [0, 0.1) is 0 Å². The van der Waals surface area contributed by atoms with Crippen molar-refractivity contribution in [3.8, 4) is 0 Å². The first-order chi connectivity index (χ1) is 8.77. The highest BCUT2D eigenvalue weighted by molar-refractivity contribution is 5.86. The summed E-state index contributed by atoms with van der Waals surface area (Å²) in [5.41, 5.74) is 5.67. The Balaban J connectivity index is 2.19. The van der Waals surface area contributed by atoms with Crippen molar-refractivity contribution in [1.82, 2.24) is 9.55 Å². The molecule has 0 saturated heterocycles. The van der Waals surface area contributed by atoms with E-state index in [9.17, 15) is 4.79 Å². The van der Waals surface area contributed by atoms with Crippen LogP contribution in [-0.2, 0) is 20.8 Å². The molecule has 0 aromatic carbocycles. The molecule has 0 unspecified atom stereocenters. The summed E-state index contributed by atoms with van der Waals surface area (Å²) in [7, 11) is 1.60. The van der Waals surface area contributed by atoms with E-state index in [0.29, 0.717) is 32.9 Å². The zero-order chi connectivity index (χ0) is 13.2. The van der Waals surface area contributed by atoms with Gasteiger partial charge in [0.25, 0.3) is 0 Å². The average Bonchev–Trinajstić information content (AvgIpc) is 2.82. The van der Waals surface area contributed by atoms with Gasteiger partial charge in [0.15, 0.2) is 5.69 Å². The van der Waals surface area contributed by atoms with Crippen LogP contribution >= 0.6 is 0 Å². The summed E-state index contributed by atoms with van der Waals surface area (Å²) in [4.78, 5) is 15.5. The van der Waals surface area contributed by atoms with Gasteiger partial charge in [-0.1, -0.05) is 0 Å². The Morgan fingerprint density at radius 1 is 1.39 bits per heavy atom. The number of imidazole rings is 1. The van der Waals surface area contributed by atoms with Crippen LogP contribution in [0.5, 0.6) is 0 Å². The zero-order valence-corrected chi connectivity index (χ0v) is 10.5. The van der Waals surface area contributed by atoms with E-state index in [1.165, 1.54) is 0 Å². The second kappa shape index (κ2) is 8.62. The van der Waals surface area contributed by atoms with Gasteiger partial charge in [-0.25, -0.2) is 9.78 Å². The summed E-state index contributed by atoms with van der Waals surface area (Å²) < 4.78 is 16.7. The van der Waals surface area contributed by atoms with Gasteiger partial charge in [0.2, 0.25) is 0 Å². The topological polar surface area (TPSA) is 88.6 Å². The molecule has 0 bridgehead atoms. The average molecular weight is 257 g/mol. The lowest BCUT2D eigenvalue weighted by Crippen LogP contribution is -2.13. The van der Waals surface area contributed by atoms with E-state index >= 15 is 0 Å². The Labute approximate surface area is 106 Å². The molecule has 7 heteroatoms. The quantitative estimate of drug-likeness (QED) is 0.481. The van der Waals surface area contributed by atoms with Gasteiger partial charge < -0.3 is 24.5 Å². The molecule has 1 aromatic heterocycles. The molecule has 0 atom stereocenters. The standard InChI is InChI=1S/C11H19N3O4/c1-16-4-5-17-6-7-18-11(15)10-8-14(3-2-12)9-13-10/h8-9H,2-7,12H2,1H3. The smallest absolute Gasteiger partial charge is 0.358 e. The van der Waals surface area contributed by atoms with Crippen LogP contribution in [0.1, 0.15) is 10.5 Å². The lowest BCUT2D eigenvalue weighted by molar-refractivity contribution is 0.0210. The van der Waals surface area contributed by atoms with Gasteiger partial charge in [-0.05, 0) is 0 Å². The predicted molar refractivity (Wildman–Crippen MR) is 64.3 cm³/mol. The number of ether oxygens (including phenoxy) is 3. The lowest BCUT2D eigenvalue weighted by Gasteiger charge is -2.04. The number of aromatic nitrogens is 2. The minimum absolute atomic E-state index is 0.201. The first kappa shape index (κ1) is 14.6. The van der Waals surface area contributed by atoms with Gasteiger partial charge >= 0.3 is 5.97 Å². The molecule has 0 spiro atoms. The second-order valence-electron chi connectivity index (χ2n) is 3.53. The maximum absolute atomic E-state index is 11.5. The minimum atomic E-state index is -0.457. The van der Waals surface area contributed by atoms with Crippen LogP contribution < -0.4 is 5.73 Å². The zero-order valence-electron chi connectivity index (χ0n) is 10.5. The van der Waals surface area contributed by atoms with E-state index < -0.39 is 5.97 Å². The van der Waals surface area contributed by atoms with Crippen LogP contribution in [0.15, 0.2) is 12.5 Å². The summed E-state index contributed by atoms with van der Waals surface area (Å²) in [6, 6.07) is 0. The Morgan fingerprint density at radius 2 is 2.17 bits per heavy atom. The monoisotopic (exact) mass is 257 g/mol. The molecule has 1 rings (SSSR count). The van der Waals surface area contributed by atoms with Crippen LogP contribution in [0.25, 0.3) is 0 Å². The predicted octanol–water partition coefficient (Wildman–Crippen LogP) is -0.338. The fourth-order valence-electron chi connectivity index (χ4n) is 1.25. The van der Waals surface area contributed by atoms with E-state index in [2.05, 4.69) is 4.98 Å². The molecule has 102 valence electrons. The third-order valence-electron chi connectivity index (χ3n) is 2.12. The molecule has 18 heavy (non-hydrogen) atoms. The summed E-state index contributed by atoms with van der Waals surface area (Å²) in [6.45, 7) is 2.68. The summed E-state index contributed by atoms with van der Waals surface area (Å²) in [6.07, 6.45) is 3.17. The third-order valence-corrected chi connectivity index (χ3v) is 2.12. The van der Waals surface area contributed by atoms with Crippen molar-refractivity contribution in [3.63, 3.8) is 0 Å². The van der Waals surface area contributed by atoms with Crippen molar-refractivity contribution in [2.45, 2.75) is 6.54 Å². The fraction of sp³-hybridized carbons (Fsp3) is 0.636. The van der Waals surface area contributed by atoms with Gasteiger partial charge in [0, 0.05) is 26.4 Å². The minimum Gasteiger partial charge on any atom is -0.458 e. The number of nitrogens with zero attached hydrogens (tertiary/aromatic N) is 2. The molecular weight excluding hydrogens is 238 g/mol. The molecule has 2 N–H and O–H groups in total. The van der Waals surface area contributed by atoms with Gasteiger partial charge in [0.05, 0.1) is 26.1 Å². The molecule has 1 aromatic rings. The maximum atomic E-state index is 11.5. The highest BCUT2D eigenvalue weighted by Gasteiger charge is 2.10. The van der Waals surface area contributed by atoms with E-state index in [1.807, 2.05) is 0 Å². The van der Waals surface area contributed by atoms with Gasteiger partial charge in [-0.2, -0.15) is 0 Å². The summed E-state index contributed by atoms with van der Waals surface area (Å²) >= 11 is 0. The third kappa shape index (κ3) is 5.26. The molecule has 0 amide bonds. The molecular formula is C11H19N3O4. The van der Waals surface area contributed by atoms with E-state index in [-0.39, 0.29) is 12.3 Å². The Hall–Kier alpha value is -1.44. The molecule has 0 aliphatic heterocycles. The summed E-state index contributed by atoms with van der Waals surface area (Å²) in [5.74, 6) is -0.457. The Bertz CT molecular complexity index is 354. The first-order valence-electron chi connectivity index (χ1n) is 5.73. The van der Waals surface area contributed by atoms with Crippen LogP contribution in [0.4, 0.5) is 0 Å². The van der Waals surface area contributed by atoms with Crippen molar-refractivity contribution < 1.29 is 19.0 Å². The van der Waals surface area contributed by atoms with Crippen LogP contribution in [0.2, 0.25) is 0 Å². The number of hydrogen-bond acceptors (Lipinski definition) is 6. The van der Waals surface area contributed by atoms with Crippen molar-refractivity contribution in [3.05, 3.63) is 18.2 Å². The van der Waals surface area contributed by atoms with E-state index in [4.69, 9.17) is 19.9 Å². The van der Waals surface area contributed by atoms with Gasteiger partial charge in [-0.3, -0.25) is 0 Å². The normalized spacial score (nSPS) is 10.6. The van der Waals surface area contributed by atoms with E-state index in [0.717, 1.165) is 0 Å².